The molecule has 1 aliphatic rings. The van der Waals surface area contributed by atoms with Crippen molar-refractivity contribution in [2.24, 2.45) is 0 Å². The fourth-order valence-electron chi connectivity index (χ4n) is 3.04. The molecule has 1 fully saturated rings. The van der Waals surface area contributed by atoms with Crippen molar-refractivity contribution in [2.45, 2.75) is 11.8 Å². The van der Waals surface area contributed by atoms with E-state index in [0.717, 1.165) is 11.6 Å². The molecule has 2 aromatic carbocycles. The quantitative estimate of drug-likeness (QED) is 0.522. The van der Waals surface area contributed by atoms with Crippen LogP contribution in [0.5, 0.6) is 17.2 Å². The van der Waals surface area contributed by atoms with Gasteiger partial charge in [0.25, 0.3) is 0 Å². The van der Waals surface area contributed by atoms with Crippen LogP contribution in [0, 0.1) is 17.0 Å². The van der Waals surface area contributed by atoms with Crippen LogP contribution in [0.2, 0.25) is 0 Å². The Bertz CT molecular complexity index is 1020. The van der Waals surface area contributed by atoms with Gasteiger partial charge < -0.3 is 14.4 Å². The largest absolute Gasteiger partial charge is 0.493 e. The topological polar surface area (TPSA) is 102 Å². The highest BCUT2D eigenvalue weighted by atomic mass is 32.2. The third-order valence-corrected chi connectivity index (χ3v) is 6.66. The fraction of sp³-hybridized carbons (Fsp3) is 0.368. The van der Waals surface area contributed by atoms with Crippen molar-refractivity contribution >= 4 is 15.7 Å². The van der Waals surface area contributed by atoms with E-state index in [-0.39, 0.29) is 10.6 Å². The Morgan fingerprint density at radius 1 is 1.00 bits per heavy atom. The first-order chi connectivity index (χ1) is 13.7. The number of nitro groups is 1. The summed E-state index contributed by atoms with van der Waals surface area (Å²) in [7, 11) is -0.437. The normalized spacial score (nSPS) is 15.8. The van der Waals surface area contributed by atoms with E-state index < -0.39 is 20.6 Å². The molecule has 1 aliphatic heterocycles. The van der Waals surface area contributed by atoms with Gasteiger partial charge in [-0.15, -0.1) is 0 Å². The van der Waals surface area contributed by atoms with E-state index >= 15 is 0 Å². The summed E-state index contributed by atoms with van der Waals surface area (Å²) in [6, 6.07) is 8.86. The van der Waals surface area contributed by atoms with Crippen molar-refractivity contribution < 1.29 is 22.8 Å². The maximum absolute atomic E-state index is 12.9. The zero-order valence-electron chi connectivity index (χ0n) is 16.5. The lowest BCUT2D eigenvalue weighted by atomic mass is 10.2. The number of aryl methyl sites for hydroxylation is 1. The number of ether oxygens (including phenoxy) is 2. The number of piperazine rings is 1. The number of rotatable bonds is 6. The number of likely N-dealkylation sites (N-methyl/N-ethyl adjacent to an activating group) is 1. The molecule has 0 N–H and O–H groups in total. The first-order valence-electron chi connectivity index (χ1n) is 9.02. The Labute approximate surface area is 169 Å². The number of nitro benzene ring substituents is 1. The highest BCUT2D eigenvalue weighted by Gasteiger charge is 2.30. The summed E-state index contributed by atoms with van der Waals surface area (Å²) >= 11 is 0. The molecule has 2 aromatic rings. The molecule has 0 spiro atoms. The van der Waals surface area contributed by atoms with Crippen LogP contribution in [0.25, 0.3) is 0 Å². The van der Waals surface area contributed by atoms with Gasteiger partial charge in [-0.05, 0) is 43.8 Å². The van der Waals surface area contributed by atoms with Crippen molar-refractivity contribution in [3.8, 4) is 17.2 Å². The van der Waals surface area contributed by atoms with E-state index in [1.54, 1.807) is 18.2 Å². The Morgan fingerprint density at radius 3 is 2.28 bits per heavy atom. The first kappa shape index (κ1) is 21.0. The third-order valence-electron chi connectivity index (χ3n) is 4.77. The molecule has 0 unspecified atom stereocenters. The number of methoxy groups -OCH3 is 1. The molecule has 0 amide bonds. The fourth-order valence-corrected chi connectivity index (χ4v) is 4.48. The molecule has 29 heavy (non-hydrogen) atoms. The number of nitrogens with zero attached hydrogens (tertiary/aromatic N) is 3. The van der Waals surface area contributed by atoms with Crippen molar-refractivity contribution in [1.29, 1.82) is 0 Å². The second kappa shape index (κ2) is 8.36. The monoisotopic (exact) mass is 421 g/mol. The average Bonchev–Trinajstić information content (AvgIpc) is 2.69. The smallest absolute Gasteiger partial charge is 0.312 e. The molecule has 0 radical (unpaired) electrons. The maximum atomic E-state index is 12.9. The second-order valence-corrected chi connectivity index (χ2v) is 8.79. The molecular weight excluding hydrogens is 398 g/mol. The van der Waals surface area contributed by atoms with Crippen LogP contribution in [0.15, 0.2) is 41.3 Å². The van der Waals surface area contributed by atoms with Crippen molar-refractivity contribution in [1.82, 2.24) is 9.21 Å². The van der Waals surface area contributed by atoms with Gasteiger partial charge in [0.05, 0.1) is 16.9 Å². The summed E-state index contributed by atoms with van der Waals surface area (Å²) in [6.07, 6.45) is 0. The predicted octanol–water partition coefficient (Wildman–Crippen LogP) is 2.64. The van der Waals surface area contributed by atoms with E-state index in [9.17, 15) is 18.5 Å². The number of hydrogen-bond donors (Lipinski definition) is 0. The van der Waals surface area contributed by atoms with Crippen molar-refractivity contribution in [3.05, 3.63) is 52.1 Å². The van der Waals surface area contributed by atoms with E-state index in [1.165, 1.54) is 23.5 Å². The van der Waals surface area contributed by atoms with Gasteiger partial charge in [0.15, 0.2) is 11.5 Å². The van der Waals surface area contributed by atoms with Crippen molar-refractivity contribution in [2.75, 3.05) is 40.3 Å². The molecule has 0 bridgehead atoms. The summed E-state index contributed by atoms with van der Waals surface area (Å²) in [5.74, 6) is 0.666. The molecular formula is C19H23N3O6S. The van der Waals surface area contributed by atoms with E-state index in [1.807, 2.05) is 18.9 Å². The molecule has 156 valence electrons. The van der Waals surface area contributed by atoms with Crippen LogP contribution >= 0.6 is 0 Å². The van der Waals surface area contributed by atoms with Gasteiger partial charge in [-0.3, -0.25) is 10.1 Å². The molecule has 9 nitrogen and oxygen atoms in total. The molecule has 0 aromatic heterocycles. The molecule has 0 aliphatic carbocycles. The van der Waals surface area contributed by atoms with Gasteiger partial charge in [0.2, 0.25) is 15.8 Å². The lowest BCUT2D eigenvalue weighted by Gasteiger charge is -2.31. The summed E-state index contributed by atoms with van der Waals surface area (Å²) in [5, 5.41) is 11.6. The SMILES string of the molecule is COc1cc(C)ccc1Oc1ccc(S(=O)(=O)N2CCN(C)CC2)cc1[N+](=O)[O-]. The van der Waals surface area contributed by atoms with E-state index in [0.29, 0.717) is 37.7 Å². The minimum Gasteiger partial charge on any atom is -0.493 e. The van der Waals surface area contributed by atoms with Crippen LogP contribution in [-0.2, 0) is 10.0 Å². The minimum absolute atomic E-state index is 0.0607. The lowest BCUT2D eigenvalue weighted by molar-refractivity contribution is -0.385. The Balaban J connectivity index is 1.95. The van der Waals surface area contributed by atoms with Crippen molar-refractivity contribution in [3.63, 3.8) is 0 Å². The van der Waals surface area contributed by atoms with Crippen LogP contribution in [0.4, 0.5) is 5.69 Å². The van der Waals surface area contributed by atoms with Crippen LogP contribution in [0.1, 0.15) is 5.56 Å². The van der Waals surface area contributed by atoms with Crippen LogP contribution in [0.3, 0.4) is 0 Å². The maximum Gasteiger partial charge on any atom is 0.312 e. The van der Waals surface area contributed by atoms with E-state index in [4.69, 9.17) is 9.47 Å². The van der Waals surface area contributed by atoms with Crippen LogP contribution in [-0.4, -0.2) is 62.9 Å². The van der Waals surface area contributed by atoms with Crippen LogP contribution < -0.4 is 9.47 Å². The Kier molecular flexibility index (Phi) is 6.06. The Morgan fingerprint density at radius 2 is 1.66 bits per heavy atom. The minimum atomic E-state index is -3.83. The molecule has 1 heterocycles. The molecule has 1 saturated heterocycles. The number of benzene rings is 2. The van der Waals surface area contributed by atoms with Gasteiger partial charge in [0, 0.05) is 32.2 Å². The van der Waals surface area contributed by atoms with Gasteiger partial charge in [-0.2, -0.15) is 4.31 Å². The third kappa shape index (κ3) is 4.50. The highest BCUT2D eigenvalue weighted by Crippen LogP contribution is 2.38. The zero-order chi connectivity index (χ0) is 21.2. The predicted molar refractivity (Wildman–Crippen MR) is 107 cm³/mol. The van der Waals surface area contributed by atoms with Gasteiger partial charge >= 0.3 is 5.69 Å². The number of sulfonamides is 1. The second-order valence-electron chi connectivity index (χ2n) is 6.85. The lowest BCUT2D eigenvalue weighted by Crippen LogP contribution is -2.47. The zero-order valence-corrected chi connectivity index (χ0v) is 17.3. The summed E-state index contributed by atoms with van der Waals surface area (Å²) in [6.45, 7) is 3.77. The molecule has 0 atom stereocenters. The summed E-state index contributed by atoms with van der Waals surface area (Å²) < 4.78 is 38.1. The van der Waals surface area contributed by atoms with Gasteiger partial charge in [-0.25, -0.2) is 8.42 Å². The van der Waals surface area contributed by atoms with Gasteiger partial charge in [0.1, 0.15) is 0 Å². The standard InChI is InChI=1S/C19H23N3O6S/c1-14-4-6-18(19(12-14)27-3)28-17-7-5-15(13-16(17)22(23)24)29(25,26)21-10-8-20(2)9-11-21/h4-7,12-13H,8-11H2,1-3H3. The molecule has 0 saturated carbocycles. The average molecular weight is 421 g/mol. The summed E-state index contributed by atoms with van der Waals surface area (Å²) in [4.78, 5) is 12.8. The van der Waals surface area contributed by atoms with E-state index in [2.05, 4.69) is 0 Å². The molecule has 10 heteroatoms. The van der Waals surface area contributed by atoms with Gasteiger partial charge in [-0.1, -0.05) is 6.07 Å². The highest BCUT2D eigenvalue weighted by molar-refractivity contribution is 7.89. The Hall–Kier alpha value is -2.69. The molecule has 3 rings (SSSR count). The summed E-state index contributed by atoms with van der Waals surface area (Å²) in [5.41, 5.74) is 0.514. The first-order valence-corrected chi connectivity index (χ1v) is 10.5. The number of hydrogen-bond acceptors (Lipinski definition) is 7.